The van der Waals surface area contributed by atoms with Crippen molar-refractivity contribution in [2.45, 2.75) is 39.7 Å². The molecule has 1 saturated heterocycles. The molecule has 0 radical (unpaired) electrons. The van der Waals surface area contributed by atoms with Gasteiger partial charge in [0, 0.05) is 32.4 Å². The van der Waals surface area contributed by atoms with Crippen molar-refractivity contribution in [1.29, 1.82) is 0 Å². The van der Waals surface area contributed by atoms with E-state index in [1.807, 2.05) is 30.3 Å². The lowest BCUT2D eigenvalue weighted by Crippen LogP contribution is -2.51. The van der Waals surface area contributed by atoms with Crippen LogP contribution in [0.15, 0.2) is 65.6 Å². The van der Waals surface area contributed by atoms with Crippen LogP contribution in [0.3, 0.4) is 0 Å². The SMILES string of the molecule is CC(C)CN1CCN2C(=O)c3c(OCc4ccccc4)c(=O)c(C(=O)NCc4ccc(F)cc4)cn3CC12. The molecule has 1 aromatic heterocycles. The van der Waals surface area contributed by atoms with E-state index in [0.717, 1.165) is 18.7 Å². The van der Waals surface area contributed by atoms with E-state index in [0.29, 0.717) is 24.6 Å². The number of carbonyl (C=O) groups is 2. The summed E-state index contributed by atoms with van der Waals surface area (Å²) in [5, 5.41) is 2.74. The van der Waals surface area contributed by atoms with Gasteiger partial charge in [0.15, 0.2) is 11.4 Å². The standard InChI is InChI=1S/C29H31FN4O4/c1-19(2)15-32-12-13-34-24(32)17-33-16-23(28(36)31-14-20-8-10-22(30)11-9-20)26(35)27(25(33)29(34)37)38-18-21-6-4-3-5-7-21/h3-11,16,19,24H,12-15,17-18H2,1-2H3,(H,31,36). The molecule has 3 heterocycles. The van der Waals surface area contributed by atoms with Gasteiger partial charge in [-0.1, -0.05) is 56.3 Å². The van der Waals surface area contributed by atoms with Crippen LogP contribution in [0, 0.1) is 11.7 Å². The molecule has 5 rings (SSSR count). The summed E-state index contributed by atoms with van der Waals surface area (Å²) in [5.41, 5.74) is 0.966. The van der Waals surface area contributed by atoms with Crippen LogP contribution in [0.4, 0.5) is 4.39 Å². The van der Waals surface area contributed by atoms with Crippen LogP contribution in [0.1, 0.15) is 45.8 Å². The molecule has 2 aliphatic heterocycles. The third-order valence-corrected chi connectivity index (χ3v) is 6.91. The smallest absolute Gasteiger partial charge is 0.275 e. The lowest BCUT2D eigenvalue weighted by Gasteiger charge is -2.37. The highest BCUT2D eigenvalue weighted by molar-refractivity contribution is 5.99. The second-order valence-electron chi connectivity index (χ2n) is 10.2. The van der Waals surface area contributed by atoms with Crippen molar-refractivity contribution < 1.29 is 18.7 Å². The van der Waals surface area contributed by atoms with E-state index < -0.39 is 11.3 Å². The molecule has 9 heteroatoms. The monoisotopic (exact) mass is 518 g/mol. The predicted octanol–water partition coefficient (Wildman–Crippen LogP) is 3.25. The van der Waals surface area contributed by atoms with E-state index in [1.54, 1.807) is 21.6 Å². The van der Waals surface area contributed by atoms with Gasteiger partial charge in [0.05, 0.1) is 6.54 Å². The van der Waals surface area contributed by atoms with Gasteiger partial charge in [-0.25, -0.2) is 4.39 Å². The Bertz CT molecular complexity index is 1390. The fraction of sp³-hybridized carbons (Fsp3) is 0.345. The van der Waals surface area contributed by atoms with Crippen molar-refractivity contribution in [1.82, 2.24) is 19.7 Å². The molecule has 38 heavy (non-hydrogen) atoms. The third kappa shape index (κ3) is 5.19. The average Bonchev–Trinajstić information content (AvgIpc) is 3.30. The summed E-state index contributed by atoms with van der Waals surface area (Å²) < 4.78 is 20.9. The zero-order chi connectivity index (χ0) is 26.8. The molecule has 2 aromatic carbocycles. The molecule has 2 amide bonds. The summed E-state index contributed by atoms with van der Waals surface area (Å²) in [6.07, 6.45) is 1.31. The molecule has 1 atom stereocenters. The summed E-state index contributed by atoms with van der Waals surface area (Å²) in [7, 11) is 0. The third-order valence-electron chi connectivity index (χ3n) is 6.91. The number of hydrogen-bond donors (Lipinski definition) is 1. The van der Waals surface area contributed by atoms with Gasteiger partial charge in [-0.15, -0.1) is 0 Å². The molecule has 0 aliphatic carbocycles. The van der Waals surface area contributed by atoms with E-state index >= 15 is 0 Å². The first-order valence-corrected chi connectivity index (χ1v) is 12.8. The van der Waals surface area contributed by atoms with Gasteiger partial charge >= 0.3 is 0 Å². The average molecular weight is 519 g/mol. The van der Waals surface area contributed by atoms with Crippen molar-refractivity contribution in [2.75, 3.05) is 19.6 Å². The number of nitrogens with one attached hydrogen (secondary N) is 1. The number of pyridine rings is 1. The number of benzene rings is 2. The Labute approximate surface area is 220 Å². The molecule has 3 aromatic rings. The number of fused-ring (bicyclic) bond motifs is 2. The summed E-state index contributed by atoms with van der Waals surface area (Å²) in [5.74, 6) is -0.914. The van der Waals surface area contributed by atoms with E-state index in [4.69, 9.17) is 4.74 Å². The lowest BCUT2D eigenvalue weighted by molar-refractivity contribution is 0.0483. The Hall–Kier alpha value is -3.98. The highest BCUT2D eigenvalue weighted by atomic mass is 19.1. The number of nitrogens with zero attached hydrogens (tertiary/aromatic N) is 3. The van der Waals surface area contributed by atoms with E-state index in [2.05, 4.69) is 24.1 Å². The van der Waals surface area contributed by atoms with Crippen LogP contribution < -0.4 is 15.5 Å². The topological polar surface area (TPSA) is 83.9 Å². The zero-order valence-electron chi connectivity index (χ0n) is 21.5. The van der Waals surface area contributed by atoms with Crippen LogP contribution in [0.5, 0.6) is 5.75 Å². The van der Waals surface area contributed by atoms with Crippen LogP contribution in [0.2, 0.25) is 0 Å². The van der Waals surface area contributed by atoms with Crippen LogP contribution in [-0.2, 0) is 19.7 Å². The largest absolute Gasteiger partial charge is 0.483 e. The maximum atomic E-state index is 13.7. The minimum Gasteiger partial charge on any atom is -0.483 e. The molecule has 0 bridgehead atoms. The van der Waals surface area contributed by atoms with Gasteiger partial charge in [0.2, 0.25) is 5.43 Å². The van der Waals surface area contributed by atoms with Gasteiger partial charge < -0.3 is 19.5 Å². The lowest BCUT2D eigenvalue weighted by atomic mass is 10.1. The Morgan fingerprint density at radius 2 is 1.79 bits per heavy atom. The van der Waals surface area contributed by atoms with Crippen molar-refractivity contribution in [3.63, 3.8) is 0 Å². The molecule has 198 valence electrons. The number of ether oxygens (including phenoxy) is 1. The number of halogens is 1. The second-order valence-corrected chi connectivity index (χ2v) is 10.2. The van der Waals surface area contributed by atoms with Gasteiger partial charge in [0.1, 0.15) is 24.2 Å². The number of aromatic nitrogens is 1. The van der Waals surface area contributed by atoms with Crippen molar-refractivity contribution in [3.8, 4) is 5.75 Å². The van der Waals surface area contributed by atoms with E-state index in [-0.39, 0.29) is 48.0 Å². The summed E-state index contributed by atoms with van der Waals surface area (Å²) in [6, 6.07) is 15.1. The quantitative estimate of drug-likeness (QED) is 0.495. The second kappa shape index (κ2) is 10.8. The van der Waals surface area contributed by atoms with Crippen LogP contribution in [0.25, 0.3) is 0 Å². The number of hydrogen-bond acceptors (Lipinski definition) is 5. The zero-order valence-corrected chi connectivity index (χ0v) is 21.5. The van der Waals surface area contributed by atoms with Crippen LogP contribution in [-0.4, -0.2) is 52.0 Å². The minimum atomic E-state index is -0.631. The van der Waals surface area contributed by atoms with Crippen molar-refractivity contribution >= 4 is 11.8 Å². The number of carbonyl (C=O) groups excluding carboxylic acids is 2. The molecule has 1 N–H and O–H groups in total. The maximum Gasteiger partial charge on any atom is 0.275 e. The first-order valence-electron chi connectivity index (χ1n) is 12.8. The summed E-state index contributed by atoms with van der Waals surface area (Å²) in [4.78, 5) is 44.5. The molecular formula is C29H31FN4O4. The number of rotatable bonds is 8. The van der Waals surface area contributed by atoms with E-state index in [9.17, 15) is 18.8 Å². The van der Waals surface area contributed by atoms with Crippen molar-refractivity contribution in [2.24, 2.45) is 5.92 Å². The number of amides is 2. The van der Waals surface area contributed by atoms with Crippen molar-refractivity contribution in [3.05, 3.63) is 99.2 Å². The highest BCUT2D eigenvalue weighted by Crippen LogP contribution is 2.30. The molecule has 0 saturated carbocycles. The Balaban J connectivity index is 1.49. The molecule has 1 fully saturated rings. The molecule has 8 nitrogen and oxygen atoms in total. The summed E-state index contributed by atoms with van der Waals surface area (Å²) in [6.45, 7) is 7.06. The van der Waals surface area contributed by atoms with E-state index in [1.165, 1.54) is 18.3 Å². The summed E-state index contributed by atoms with van der Waals surface area (Å²) >= 11 is 0. The normalized spacial score (nSPS) is 16.9. The van der Waals surface area contributed by atoms with Gasteiger partial charge in [0.25, 0.3) is 11.8 Å². The predicted molar refractivity (Wildman–Crippen MR) is 140 cm³/mol. The Morgan fingerprint density at radius 1 is 1.05 bits per heavy atom. The first-order chi connectivity index (χ1) is 18.3. The molecule has 2 aliphatic rings. The fourth-order valence-electron chi connectivity index (χ4n) is 5.08. The molecule has 0 spiro atoms. The molecule has 1 unspecified atom stereocenters. The van der Waals surface area contributed by atoms with Gasteiger partial charge in [-0.2, -0.15) is 0 Å². The Kier molecular flexibility index (Phi) is 7.28. The van der Waals surface area contributed by atoms with Crippen LogP contribution >= 0.6 is 0 Å². The molecular weight excluding hydrogens is 487 g/mol. The van der Waals surface area contributed by atoms with Gasteiger partial charge in [-0.05, 0) is 29.2 Å². The Morgan fingerprint density at radius 3 is 2.50 bits per heavy atom. The highest BCUT2D eigenvalue weighted by Gasteiger charge is 2.42. The maximum absolute atomic E-state index is 13.7. The minimum absolute atomic E-state index is 0.0832. The fourth-order valence-corrected chi connectivity index (χ4v) is 5.08. The first kappa shape index (κ1) is 25.7. The van der Waals surface area contributed by atoms with Gasteiger partial charge in [-0.3, -0.25) is 19.3 Å².